The van der Waals surface area contributed by atoms with Crippen molar-refractivity contribution in [1.29, 1.82) is 0 Å². The summed E-state index contributed by atoms with van der Waals surface area (Å²) in [5.41, 5.74) is 8.07. The summed E-state index contributed by atoms with van der Waals surface area (Å²) in [6.45, 7) is 0. The zero-order valence-electron chi connectivity index (χ0n) is 11.6. The fourth-order valence-electron chi connectivity index (χ4n) is 3.06. The average molecular weight is 345 g/mol. The van der Waals surface area contributed by atoms with Gasteiger partial charge in [0.15, 0.2) is 0 Å². The van der Waals surface area contributed by atoms with Gasteiger partial charge >= 0.3 is 0 Å². The van der Waals surface area contributed by atoms with E-state index in [-0.39, 0.29) is 5.91 Å². The van der Waals surface area contributed by atoms with Crippen molar-refractivity contribution in [2.75, 3.05) is 5.32 Å². The topological polar surface area (TPSA) is 55.1 Å². The Kier molecular flexibility index (Phi) is 3.72. The summed E-state index contributed by atoms with van der Waals surface area (Å²) in [5.74, 6) is -0.322. The zero-order valence-corrected chi connectivity index (χ0v) is 13.2. The highest BCUT2D eigenvalue weighted by Gasteiger charge is 2.41. The molecule has 0 saturated heterocycles. The van der Waals surface area contributed by atoms with Crippen LogP contribution in [-0.2, 0) is 16.8 Å². The van der Waals surface area contributed by atoms with Gasteiger partial charge in [-0.25, -0.2) is 0 Å². The summed E-state index contributed by atoms with van der Waals surface area (Å²) in [6, 6.07) is 15.9. The van der Waals surface area contributed by atoms with Crippen LogP contribution in [-0.4, -0.2) is 5.91 Å². The van der Waals surface area contributed by atoms with E-state index in [0.29, 0.717) is 0 Å². The van der Waals surface area contributed by atoms with Gasteiger partial charge in [-0.05, 0) is 54.7 Å². The zero-order chi connectivity index (χ0) is 14.9. The number of fused-ring (bicyclic) bond motifs is 1. The largest absolute Gasteiger partial charge is 0.368 e. The second-order valence-electron chi connectivity index (χ2n) is 5.41. The fraction of sp³-hybridized carbons (Fsp3) is 0.235. The van der Waals surface area contributed by atoms with E-state index >= 15 is 0 Å². The third-order valence-corrected chi connectivity index (χ3v) is 4.63. The van der Waals surface area contributed by atoms with Crippen LogP contribution >= 0.6 is 15.9 Å². The van der Waals surface area contributed by atoms with Crippen LogP contribution in [0.25, 0.3) is 0 Å². The Labute approximate surface area is 132 Å². The molecule has 0 radical (unpaired) electrons. The molecule has 3 rings (SSSR count). The first kappa shape index (κ1) is 14.1. The van der Waals surface area contributed by atoms with E-state index in [9.17, 15) is 4.79 Å². The van der Waals surface area contributed by atoms with Gasteiger partial charge in [-0.15, -0.1) is 0 Å². The second-order valence-corrected chi connectivity index (χ2v) is 6.33. The van der Waals surface area contributed by atoms with Crippen LogP contribution < -0.4 is 11.1 Å². The minimum atomic E-state index is -0.817. The monoisotopic (exact) mass is 344 g/mol. The number of hydrogen-bond donors (Lipinski definition) is 2. The number of carbonyl (C=O) groups is 1. The number of nitrogens with two attached hydrogens (primary N) is 1. The van der Waals surface area contributed by atoms with Crippen molar-refractivity contribution >= 4 is 27.5 Å². The van der Waals surface area contributed by atoms with E-state index in [2.05, 4.69) is 27.3 Å². The second kappa shape index (κ2) is 5.53. The van der Waals surface area contributed by atoms with Crippen molar-refractivity contribution in [2.24, 2.45) is 5.73 Å². The van der Waals surface area contributed by atoms with E-state index in [1.807, 2.05) is 42.5 Å². The molecule has 0 aliphatic heterocycles. The van der Waals surface area contributed by atoms with Crippen LogP contribution in [0, 0.1) is 0 Å². The molecule has 1 aliphatic carbocycles. The third kappa shape index (κ3) is 2.56. The molecule has 108 valence electrons. The number of aryl methyl sites for hydroxylation is 1. The molecule has 3 nitrogen and oxygen atoms in total. The lowest BCUT2D eigenvalue weighted by Crippen LogP contribution is -2.49. The number of carbonyl (C=O) groups excluding carboxylic acids is 1. The summed E-state index contributed by atoms with van der Waals surface area (Å²) < 4.78 is 1.00. The van der Waals surface area contributed by atoms with Crippen LogP contribution in [0.5, 0.6) is 0 Å². The van der Waals surface area contributed by atoms with Gasteiger partial charge in [0.25, 0.3) is 0 Å². The molecule has 1 atom stereocenters. The van der Waals surface area contributed by atoms with Crippen LogP contribution in [0.1, 0.15) is 24.0 Å². The lowest BCUT2D eigenvalue weighted by molar-refractivity contribution is -0.123. The predicted molar refractivity (Wildman–Crippen MR) is 88.0 cm³/mol. The van der Waals surface area contributed by atoms with Crippen molar-refractivity contribution in [3.63, 3.8) is 0 Å². The standard InChI is InChI=1S/C17H17BrN2O/c18-13-7-9-14(10-8-13)20-17(16(19)21)11-3-5-12-4-1-2-6-15(12)17/h1-2,4,6-10,20H,3,5,11H2,(H2,19,21). The molecule has 0 saturated carbocycles. The normalized spacial score (nSPS) is 20.6. The van der Waals surface area contributed by atoms with Crippen LogP contribution in [0.3, 0.4) is 0 Å². The molecule has 0 aromatic heterocycles. The van der Waals surface area contributed by atoms with Crippen LogP contribution in [0.4, 0.5) is 5.69 Å². The van der Waals surface area contributed by atoms with Crippen molar-refractivity contribution in [2.45, 2.75) is 24.8 Å². The molecule has 1 amide bonds. The Morgan fingerprint density at radius 2 is 1.86 bits per heavy atom. The number of halogens is 1. The first-order valence-electron chi connectivity index (χ1n) is 7.04. The minimum Gasteiger partial charge on any atom is -0.368 e. The summed E-state index contributed by atoms with van der Waals surface area (Å²) in [5, 5.41) is 3.38. The van der Waals surface area contributed by atoms with E-state index in [4.69, 9.17) is 5.73 Å². The molecule has 2 aromatic rings. The van der Waals surface area contributed by atoms with Crippen LogP contribution in [0.2, 0.25) is 0 Å². The maximum atomic E-state index is 12.3. The molecule has 0 bridgehead atoms. The number of benzene rings is 2. The number of rotatable bonds is 3. The summed E-state index contributed by atoms with van der Waals surface area (Å²) in [6.07, 6.45) is 2.66. The maximum absolute atomic E-state index is 12.3. The van der Waals surface area contributed by atoms with Crippen molar-refractivity contribution < 1.29 is 4.79 Å². The van der Waals surface area contributed by atoms with Gasteiger partial charge in [0.2, 0.25) is 5.91 Å². The molecule has 4 heteroatoms. The Bertz CT molecular complexity index is 669. The summed E-state index contributed by atoms with van der Waals surface area (Å²) in [7, 11) is 0. The number of amides is 1. The van der Waals surface area contributed by atoms with Gasteiger partial charge in [0, 0.05) is 10.2 Å². The highest BCUT2D eigenvalue weighted by molar-refractivity contribution is 9.10. The van der Waals surface area contributed by atoms with Gasteiger partial charge in [-0.1, -0.05) is 40.2 Å². The molecule has 1 unspecified atom stereocenters. The molecule has 2 aromatic carbocycles. The molecule has 0 spiro atoms. The Balaban J connectivity index is 2.05. The van der Waals surface area contributed by atoms with Gasteiger partial charge in [0.05, 0.1) is 0 Å². The Morgan fingerprint density at radius 1 is 1.14 bits per heavy atom. The SMILES string of the molecule is NC(=O)C1(Nc2ccc(Br)cc2)CCCc2ccccc21. The fourth-order valence-corrected chi connectivity index (χ4v) is 3.32. The smallest absolute Gasteiger partial charge is 0.247 e. The molecule has 1 aliphatic rings. The lowest BCUT2D eigenvalue weighted by Gasteiger charge is -2.38. The van der Waals surface area contributed by atoms with E-state index in [1.54, 1.807) is 0 Å². The van der Waals surface area contributed by atoms with Crippen LogP contribution in [0.15, 0.2) is 53.0 Å². The number of primary amides is 1. The van der Waals surface area contributed by atoms with E-state index in [1.165, 1.54) is 5.56 Å². The molecule has 21 heavy (non-hydrogen) atoms. The van der Waals surface area contributed by atoms with Crippen molar-refractivity contribution in [3.8, 4) is 0 Å². The number of anilines is 1. The average Bonchev–Trinajstić information content (AvgIpc) is 2.50. The van der Waals surface area contributed by atoms with Crippen molar-refractivity contribution in [1.82, 2.24) is 0 Å². The number of hydrogen-bond acceptors (Lipinski definition) is 2. The highest BCUT2D eigenvalue weighted by atomic mass is 79.9. The predicted octanol–water partition coefficient (Wildman–Crippen LogP) is 3.58. The Hall–Kier alpha value is -1.81. The van der Waals surface area contributed by atoms with E-state index in [0.717, 1.165) is 35.0 Å². The van der Waals surface area contributed by atoms with Crippen molar-refractivity contribution in [3.05, 3.63) is 64.1 Å². The molecule has 3 N–H and O–H groups in total. The summed E-state index contributed by atoms with van der Waals surface area (Å²) >= 11 is 3.42. The van der Waals surface area contributed by atoms with Gasteiger partial charge < -0.3 is 11.1 Å². The summed E-state index contributed by atoms with van der Waals surface area (Å²) in [4.78, 5) is 12.3. The molecular formula is C17H17BrN2O. The van der Waals surface area contributed by atoms with Gasteiger partial charge in [-0.3, -0.25) is 4.79 Å². The highest BCUT2D eigenvalue weighted by Crippen LogP contribution is 2.38. The first-order valence-corrected chi connectivity index (χ1v) is 7.83. The Morgan fingerprint density at radius 3 is 2.57 bits per heavy atom. The van der Waals surface area contributed by atoms with E-state index < -0.39 is 5.54 Å². The quantitative estimate of drug-likeness (QED) is 0.893. The number of nitrogens with one attached hydrogen (secondary N) is 1. The molecule has 0 fully saturated rings. The molecular weight excluding hydrogens is 328 g/mol. The van der Waals surface area contributed by atoms with Gasteiger partial charge in [-0.2, -0.15) is 0 Å². The maximum Gasteiger partial charge on any atom is 0.247 e. The van der Waals surface area contributed by atoms with Gasteiger partial charge in [0.1, 0.15) is 5.54 Å². The third-order valence-electron chi connectivity index (χ3n) is 4.10. The minimum absolute atomic E-state index is 0.322. The molecule has 0 heterocycles. The lowest BCUT2D eigenvalue weighted by atomic mass is 9.75. The first-order chi connectivity index (χ1) is 10.1.